The van der Waals surface area contributed by atoms with Gasteiger partial charge in [0.05, 0.1) is 4.92 Å². The molecular weight excluding hydrogens is 242 g/mol. The first kappa shape index (κ1) is 13.3. The summed E-state index contributed by atoms with van der Waals surface area (Å²) in [6, 6.07) is 10.8. The van der Waals surface area contributed by atoms with Crippen LogP contribution in [-0.2, 0) is 6.54 Å². The molecule has 0 aliphatic carbocycles. The third kappa shape index (κ3) is 2.82. The van der Waals surface area contributed by atoms with Crippen LogP contribution in [0.1, 0.15) is 11.4 Å². The quantitative estimate of drug-likeness (QED) is 0.626. The Hall–Kier alpha value is -2.14. The maximum atomic E-state index is 10.7. The molecule has 0 saturated carbocycles. The van der Waals surface area contributed by atoms with Crippen molar-refractivity contribution in [2.75, 3.05) is 14.1 Å². The van der Waals surface area contributed by atoms with Crippen LogP contribution in [0.25, 0.3) is 5.69 Å². The van der Waals surface area contributed by atoms with Gasteiger partial charge in [-0.3, -0.25) is 10.1 Å². The molecule has 19 heavy (non-hydrogen) atoms. The molecular formula is C14H17N3O2. The second-order valence-corrected chi connectivity index (χ2v) is 4.81. The first-order valence-electron chi connectivity index (χ1n) is 6.06. The van der Waals surface area contributed by atoms with E-state index in [-0.39, 0.29) is 10.6 Å². The smallest absolute Gasteiger partial charge is 0.269 e. The van der Waals surface area contributed by atoms with Crippen molar-refractivity contribution in [2.45, 2.75) is 13.5 Å². The lowest BCUT2D eigenvalue weighted by Crippen LogP contribution is -2.14. The van der Waals surface area contributed by atoms with Gasteiger partial charge < -0.3 is 9.47 Å². The number of aryl methyl sites for hydroxylation is 1. The van der Waals surface area contributed by atoms with Gasteiger partial charge in [0.2, 0.25) is 0 Å². The van der Waals surface area contributed by atoms with E-state index in [1.807, 2.05) is 21.0 Å². The molecule has 0 aliphatic rings. The summed E-state index contributed by atoms with van der Waals surface area (Å²) in [5, 5.41) is 10.7. The van der Waals surface area contributed by atoms with Gasteiger partial charge in [-0.1, -0.05) is 0 Å². The Kier molecular flexibility index (Phi) is 3.66. The summed E-state index contributed by atoms with van der Waals surface area (Å²) < 4.78 is 2.11. The lowest BCUT2D eigenvalue weighted by atomic mass is 10.2. The van der Waals surface area contributed by atoms with Gasteiger partial charge in [0, 0.05) is 35.8 Å². The predicted octanol–water partition coefficient (Wildman–Crippen LogP) is 2.76. The number of nitro benzene ring substituents is 1. The zero-order valence-electron chi connectivity index (χ0n) is 11.3. The number of nitrogens with zero attached hydrogens (tertiary/aromatic N) is 3. The van der Waals surface area contributed by atoms with Crippen LogP contribution in [0.2, 0.25) is 0 Å². The van der Waals surface area contributed by atoms with Crippen molar-refractivity contribution in [1.29, 1.82) is 0 Å². The van der Waals surface area contributed by atoms with E-state index < -0.39 is 0 Å². The highest BCUT2D eigenvalue weighted by Crippen LogP contribution is 2.20. The molecule has 0 aliphatic heterocycles. The molecule has 5 heteroatoms. The summed E-state index contributed by atoms with van der Waals surface area (Å²) in [4.78, 5) is 12.4. The van der Waals surface area contributed by atoms with Crippen molar-refractivity contribution in [2.24, 2.45) is 0 Å². The topological polar surface area (TPSA) is 51.3 Å². The normalized spacial score (nSPS) is 10.9. The van der Waals surface area contributed by atoms with Crippen LogP contribution >= 0.6 is 0 Å². The molecule has 100 valence electrons. The maximum absolute atomic E-state index is 10.7. The Labute approximate surface area is 112 Å². The minimum absolute atomic E-state index is 0.114. The van der Waals surface area contributed by atoms with E-state index in [9.17, 15) is 10.1 Å². The van der Waals surface area contributed by atoms with Crippen molar-refractivity contribution in [3.63, 3.8) is 0 Å². The van der Waals surface area contributed by atoms with Crippen LogP contribution in [0.5, 0.6) is 0 Å². The van der Waals surface area contributed by atoms with Gasteiger partial charge in [0.25, 0.3) is 5.69 Å². The Bertz CT molecular complexity index is 585. The molecule has 0 spiro atoms. The van der Waals surface area contributed by atoms with E-state index in [0.29, 0.717) is 0 Å². The fourth-order valence-corrected chi connectivity index (χ4v) is 2.13. The van der Waals surface area contributed by atoms with E-state index in [4.69, 9.17) is 0 Å². The molecule has 0 amide bonds. The fraction of sp³-hybridized carbons (Fsp3) is 0.286. The third-order valence-electron chi connectivity index (χ3n) is 2.95. The van der Waals surface area contributed by atoms with Crippen LogP contribution in [-0.4, -0.2) is 28.5 Å². The lowest BCUT2D eigenvalue weighted by molar-refractivity contribution is -0.384. The predicted molar refractivity (Wildman–Crippen MR) is 74.6 cm³/mol. The minimum atomic E-state index is -0.382. The second kappa shape index (κ2) is 5.24. The summed E-state index contributed by atoms with van der Waals surface area (Å²) in [7, 11) is 4.03. The highest BCUT2D eigenvalue weighted by atomic mass is 16.6. The lowest BCUT2D eigenvalue weighted by Gasteiger charge is -2.15. The monoisotopic (exact) mass is 259 g/mol. The number of hydrogen-bond donors (Lipinski definition) is 0. The number of rotatable bonds is 4. The van der Waals surface area contributed by atoms with Gasteiger partial charge >= 0.3 is 0 Å². The summed E-state index contributed by atoms with van der Waals surface area (Å²) in [5.41, 5.74) is 3.34. The number of aromatic nitrogens is 1. The van der Waals surface area contributed by atoms with Gasteiger partial charge in [-0.25, -0.2) is 0 Å². The average molecular weight is 259 g/mol. The van der Waals surface area contributed by atoms with E-state index in [0.717, 1.165) is 23.6 Å². The van der Waals surface area contributed by atoms with Crippen molar-refractivity contribution in [1.82, 2.24) is 9.47 Å². The molecule has 0 bridgehead atoms. The summed E-state index contributed by atoms with van der Waals surface area (Å²) in [6.45, 7) is 2.85. The summed E-state index contributed by atoms with van der Waals surface area (Å²) in [5.74, 6) is 0. The van der Waals surface area contributed by atoms with Crippen LogP contribution < -0.4 is 0 Å². The van der Waals surface area contributed by atoms with Crippen molar-refractivity contribution >= 4 is 5.69 Å². The highest BCUT2D eigenvalue weighted by Gasteiger charge is 2.10. The average Bonchev–Trinajstić information content (AvgIpc) is 2.70. The Morgan fingerprint density at radius 3 is 2.32 bits per heavy atom. The van der Waals surface area contributed by atoms with E-state index in [2.05, 4.69) is 21.6 Å². The van der Waals surface area contributed by atoms with Crippen LogP contribution in [0.3, 0.4) is 0 Å². The molecule has 0 unspecified atom stereocenters. The maximum Gasteiger partial charge on any atom is 0.269 e. The number of non-ortho nitro benzene ring substituents is 1. The number of hydrogen-bond acceptors (Lipinski definition) is 3. The molecule has 0 atom stereocenters. The molecule has 2 rings (SSSR count). The van der Waals surface area contributed by atoms with Gasteiger partial charge in [0.15, 0.2) is 0 Å². The first-order chi connectivity index (χ1) is 8.99. The SMILES string of the molecule is Cc1ccc(CN(C)C)n1-c1ccc([N+](=O)[O-])cc1. The summed E-state index contributed by atoms with van der Waals surface area (Å²) >= 11 is 0. The Morgan fingerprint density at radius 1 is 1.16 bits per heavy atom. The van der Waals surface area contributed by atoms with Crippen molar-refractivity contribution < 1.29 is 4.92 Å². The van der Waals surface area contributed by atoms with Gasteiger partial charge in [-0.15, -0.1) is 0 Å². The molecule has 0 fully saturated rings. The van der Waals surface area contributed by atoms with Gasteiger partial charge in [0.1, 0.15) is 0 Å². The summed E-state index contributed by atoms with van der Waals surface area (Å²) in [6.07, 6.45) is 0. The van der Waals surface area contributed by atoms with Crippen LogP contribution in [0, 0.1) is 17.0 Å². The molecule has 5 nitrogen and oxygen atoms in total. The minimum Gasteiger partial charge on any atom is -0.317 e. The largest absolute Gasteiger partial charge is 0.317 e. The zero-order valence-corrected chi connectivity index (χ0v) is 11.3. The van der Waals surface area contributed by atoms with E-state index >= 15 is 0 Å². The molecule has 1 aromatic heterocycles. The molecule has 1 aromatic carbocycles. The number of benzene rings is 1. The molecule has 0 radical (unpaired) electrons. The van der Waals surface area contributed by atoms with E-state index in [1.54, 1.807) is 12.1 Å². The number of nitro groups is 1. The molecule has 2 aromatic rings. The molecule has 0 saturated heterocycles. The zero-order chi connectivity index (χ0) is 14.0. The van der Waals surface area contributed by atoms with Crippen molar-refractivity contribution in [3.8, 4) is 5.69 Å². The standard InChI is InChI=1S/C14H17N3O2/c1-11-4-5-14(10-15(2)3)16(11)12-6-8-13(9-7-12)17(18)19/h4-9H,10H2,1-3H3. The van der Waals surface area contributed by atoms with Crippen LogP contribution in [0.15, 0.2) is 36.4 Å². The first-order valence-corrected chi connectivity index (χ1v) is 6.06. The Balaban J connectivity index is 2.40. The van der Waals surface area contributed by atoms with Crippen LogP contribution in [0.4, 0.5) is 5.69 Å². The Morgan fingerprint density at radius 2 is 1.79 bits per heavy atom. The van der Waals surface area contributed by atoms with Gasteiger partial charge in [-0.2, -0.15) is 0 Å². The highest BCUT2D eigenvalue weighted by molar-refractivity contribution is 5.43. The van der Waals surface area contributed by atoms with Gasteiger partial charge in [-0.05, 0) is 45.3 Å². The van der Waals surface area contributed by atoms with E-state index in [1.165, 1.54) is 12.1 Å². The fourth-order valence-electron chi connectivity index (χ4n) is 2.13. The van der Waals surface area contributed by atoms with Crippen molar-refractivity contribution in [3.05, 3.63) is 57.9 Å². The third-order valence-corrected chi connectivity index (χ3v) is 2.95. The molecule has 1 heterocycles. The second-order valence-electron chi connectivity index (χ2n) is 4.81. The molecule has 0 N–H and O–H groups in total.